The number of imide groups is 1. The highest BCUT2D eigenvalue weighted by atomic mass is 16.2. The van der Waals surface area contributed by atoms with Crippen molar-refractivity contribution in [2.75, 3.05) is 19.6 Å². The van der Waals surface area contributed by atoms with Gasteiger partial charge >= 0.3 is 0 Å². The molecule has 13 heavy (non-hydrogen) atoms. The molecule has 2 amide bonds. The van der Waals surface area contributed by atoms with E-state index in [1.807, 2.05) is 0 Å². The van der Waals surface area contributed by atoms with Crippen LogP contribution in [0.3, 0.4) is 0 Å². The van der Waals surface area contributed by atoms with Crippen LogP contribution in [-0.4, -0.2) is 36.3 Å². The second-order valence-corrected chi connectivity index (χ2v) is 3.61. The fourth-order valence-corrected chi connectivity index (χ4v) is 1.55. The van der Waals surface area contributed by atoms with Crippen molar-refractivity contribution in [3.63, 3.8) is 0 Å². The molecule has 2 heterocycles. The van der Waals surface area contributed by atoms with E-state index in [-0.39, 0.29) is 11.8 Å². The van der Waals surface area contributed by atoms with Crippen LogP contribution >= 0.6 is 0 Å². The van der Waals surface area contributed by atoms with Crippen LogP contribution in [0.25, 0.3) is 0 Å². The Labute approximate surface area is 76.6 Å². The van der Waals surface area contributed by atoms with Gasteiger partial charge < -0.3 is 5.32 Å². The van der Waals surface area contributed by atoms with E-state index < -0.39 is 0 Å². The lowest BCUT2D eigenvalue weighted by atomic mass is 10.0. The molecule has 0 saturated carbocycles. The summed E-state index contributed by atoms with van der Waals surface area (Å²) in [5.74, 6) is 0.165. The molecule has 0 bridgehead atoms. The molecule has 1 saturated heterocycles. The molecule has 1 N–H and O–H groups in total. The van der Waals surface area contributed by atoms with E-state index in [1.54, 1.807) is 6.92 Å². The maximum Gasteiger partial charge on any atom is 0.256 e. The number of nitrogens with zero attached hydrogens (tertiary/aromatic N) is 1. The van der Waals surface area contributed by atoms with Crippen LogP contribution < -0.4 is 5.32 Å². The van der Waals surface area contributed by atoms with Crippen LogP contribution in [0.5, 0.6) is 0 Å². The molecule has 0 aromatic rings. The minimum atomic E-state index is -0.158. The smallest absolute Gasteiger partial charge is 0.256 e. The third-order valence-electron chi connectivity index (χ3n) is 2.50. The standard InChI is InChI=1S/C9H12N2O2/c1-6-2-8(12)11(9(6)13)5-7-3-10-4-7/h2,7,10H,3-5H2,1H3. The Bertz CT molecular complexity index is 292. The van der Waals surface area contributed by atoms with Gasteiger partial charge in [0.2, 0.25) is 0 Å². The molecule has 2 aliphatic rings. The summed E-state index contributed by atoms with van der Waals surface area (Å²) >= 11 is 0. The molecule has 0 aromatic carbocycles. The summed E-state index contributed by atoms with van der Waals surface area (Å²) in [7, 11) is 0. The summed E-state index contributed by atoms with van der Waals surface area (Å²) in [6.45, 7) is 4.07. The van der Waals surface area contributed by atoms with E-state index in [9.17, 15) is 9.59 Å². The molecule has 0 atom stereocenters. The van der Waals surface area contributed by atoms with Gasteiger partial charge in [-0.2, -0.15) is 0 Å². The second-order valence-electron chi connectivity index (χ2n) is 3.61. The number of carbonyl (C=O) groups excluding carboxylic acids is 2. The lowest BCUT2D eigenvalue weighted by Gasteiger charge is -2.30. The van der Waals surface area contributed by atoms with Gasteiger partial charge in [0.25, 0.3) is 11.8 Å². The van der Waals surface area contributed by atoms with Crippen LogP contribution in [0.1, 0.15) is 6.92 Å². The number of rotatable bonds is 2. The van der Waals surface area contributed by atoms with E-state index in [2.05, 4.69) is 5.32 Å². The molecule has 0 aromatic heterocycles. The second kappa shape index (κ2) is 2.96. The Kier molecular flexibility index (Phi) is 1.92. The Morgan fingerprint density at radius 1 is 1.54 bits per heavy atom. The van der Waals surface area contributed by atoms with Crippen molar-refractivity contribution >= 4 is 11.8 Å². The largest absolute Gasteiger partial charge is 0.316 e. The maximum atomic E-state index is 11.4. The van der Waals surface area contributed by atoms with Crippen LogP contribution in [0.2, 0.25) is 0 Å². The van der Waals surface area contributed by atoms with Crippen molar-refractivity contribution in [2.24, 2.45) is 5.92 Å². The van der Waals surface area contributed by atoms with E-state index in [1.165, 1.54) is 11.0 Å². The van der Waals surface area contributed by atoms with Crippen LogP contribution in [0, 0.1) is 5.92 Å². The van der Waals surface area contributed by atoms with E-state index in [0.717, 1.165) is 13.1 Å². The molecule has 2 rings (SSSR count). The molecule has 0 radical (unpaired) electrons. The van der Waals surface area contributed by atoms with Gasteiger partial charge in [0.1, 0.15) is 0 Å². The van der Waals surface area contributed by atoms with Gasteiger partial charge in [-0.05, 0) is 6.92 Å². The predicted molar refractivity (Wildman–Crippen MR) is 46.8 cm³/mol. The molecule has 4 nitrogen and oxygen atoms in total. The van der Waals surface area contributed by atoms with Crippen molar-refractivity contribution in [1.29, 1.82) is 0 Å². The summed E-state index contributed by atoms with van der Waals surface area (Å²) in [5.41, 5.74) is 0.553. The lowest BCUT2D eigenvalue weighted by molar-refractivity contribution is -0.138. The van der Waals surface area contributed by atoms with Crippen LogP contribution in [0.4, 0.5) is 0 Å². The summed E-state index contributed by atoms with van der Waals surface area (Å²) in [6, 6.07) is 0. The van der Waals surface area contributed by atoms with Crippen LogP contribution in [-0.2, 0) is 9.59 Å². The van der Waals surface area contributed by atoms with Crippen molar-refractivity contribution < 1.29 is 9.59 Å². The summed E-state index contributed by atoms with van der Waals surface area (Å²) in [6.07, 6.45) is 1.41. The monoisotopic (exact) mass is 180 g/mol. The number of hydrogen-bond donors (Lipinski definition) is 1. The summed E-state index contributed by atoms with van der Waals surface area (Å²) in [5, 5.41) is 3.11. The highest BCUT2D eigenvalue weighted by Crippen LogP contribution is 2.15. The number of nitrogens with one attached hydrogen (secondary N) is 1. The van der Waals surface area contributed by atoms with Gasteiger partial charge in [-0.3, -0.25) is 14.5 Å². The Morgan fingerprint density at radius 2 is 2.23 bits per heavy atom. The van der Waals surface area contributed by atoms with Gasteiger partial charge in [0.05, 0.1) is 0 Å². The molecule has 0 aliphatic carbocycles. The molecule has 1 fully saturated rings. The number of amides is 2. The fraction of sp³-hybridized carbons (Fsp3) is 0.556. The number of hydrogen-bond acceptors (Lipinski definition) is 3. The molecule has 4 heteroatoms. The molecule has 0 spiro atoms. The minimum absolute atomic E-state index is 0.128. The average molecular weight is 180 g/mol. The summed E-state index contributed by atoms with van der Waals surface area (Å²) in [4.78, 5) is 24.0. The van der Waals surface area contributed by atoms with E-state index >= 15 is 0 Å². The first-order valence-electron chi connectivity index (χ1n) is 4.43. The number of carbonyl (C=O) groups is 2. The maximum absolute atomic E-state index is 11.4. The van der Waals surface area contributed by atoms with Crippen molar-refractivity contribution in [3.8, 4) is 0 Å². The highest BCUT2D eigenvalue weighted by molar-refractivity contribution is 6.15. The van der Waals surface area contributed by atoms with Crippen molar-refractivity contribution in [3.05, 3.63) is 11.6 Å². The Balaban J connectivity index is 2.00. The lowest BCUT2D eigenvalue weighted by Crippen LogP contribution is -2.49. The quantitative estimate of drug-likeness (QED) is 0.584. The average Bonchev–Trinajstić information content (AvgIpc) is 2.21. The van der Waals surface area contributed by atoms with Gasteiger partial charge in [-0.25, -0.2) is 0 Å². The van der Waals surface area contributed by atoms with Gasteiger partial charge in [-0.1, -0.05) is 0 Å². The molecule has 70 valence electrons. The first kappa shape index (κ1) is 8.44. The third-order valence-corrected chi connectivity index (χ3v) is 2.50. The normalized spacial score (nSPS) is 23.5. The van der Waals surface area contributed by atoms with Crippen molar-refractivity contribution in [2.45, 2.75) is 6.92 Å². The highest BCUT2D eigenvalue weighted by Gasteiger charge is 2.31. The Morgan fingerprint density at radius 3 is 2.62 bits per heavy atom. The molecule has 2 aliphatic heterocycles. The van der Waals surface area contributed by atoms with Gasteiger partial charge in [0.15, 0.2) is 0 Å². The SMILES string of the molecule is CC1=CC(=O)N(CC2CNC2)C1=O. The zero-order chi connectivity index (χ0) is 9.42. The zero-order valence-corrected chi connectivity index (χ0v) is 7.54. The van der Waals surface area contributed by atoms with Crippen LogP contribution in [0.15, 0.2) is 11.6 Å². The summed E-state index contributed by atoms with van der Waals surface area (Å²) < 4.78 is 0. The zero-order valence-electron chi connectivity index (χ0n) is 7.54. The fourth-order valence-electron chi connectivity index (χ4n) is 1.55. The molecular weight excluding hydrogens is 168 g/mol. The molecular formula is C9H12N2O2. The molecule has 0 unspecified atom stereocenters. The first-order valence-corrected chi connectivity index (χ1v) is 4.43. The van der Waals surface area contributed by atoms with Gasteiger partial charge in [-0.15, -0.1) is 0 Å². The van der Waals surface area contributed by atoms with E-state index in [0.29, 0.717) is 18.0 Å². The minimum Gasteiger partial charge on any atom is -0.316 e. The first-order chi connectivity index (χ1) is 6.18. The Hall–Kier alpha value is -1.16. The van der Waals surface area contributed by atoms with Crippen molar-refractivity contribution in [1.82, 2.24) is 10.2 Å². The van der Waals surface area contributed by atoms with E-state index in [4.69, 9.17) is 0 Å². The third kappa shape index (κ3) is 1.37. The topological polar surface area (TPSA) is 49.4 Å². The van der Waals surface area contributed by atoms with Gasteiger partial charge in [0, 0.05) is 37.2 Å². The predicted octanol–water partition coefficient (Wildman–Crippen LogP) is -0.479.